The number of rotatable bonds is 15. The van der Waals surface area contributed by atoms with E-state index in [0.29, 0.717) is 58.5 Å². The Kier molecular flexibility index (Phi) is 18.4. The fourth-order valence-electron chi connectivity index (χ4n) is 3.85. The molecule has 264 valence electrons. The molecule has 0 saturated carbocycles. The number of hydrogen-bond donors (Lipinski definition) is 4. The summed E-state index contributed by atoms with van der Waals surface area (Å²) in [5, 5.41) is 10.9. The standard InChI is InChI=1S/C30H47I2N7O8/c1-21-19-24(32)25(20-23(21)31)46-18-17-45-13-7-33-22(2)35-27(40)38-9-11-39(12-10-38)28(41)36-26(34-8-14-44-16-15-43-6)37-29(42)47-30(3,4)5/h19-20,33H,2,7-18H2,1,3-6H3,(H,35,40)(H2,34,36,37,41,42). The minimum atomic E-state index is -0.754. The lowest BCUT2D eigenvalue weighted by molar-refractivity contribution is 0.0560. The van der Waals surface area contributed by atoms with Crippen LogP contribution in [0.15, 0.2) is 29.5 Å². The number of hydrogen-bond acceptors (Lipinski definition) is 10. The van der Waals surface area contributed by atoms with Crippen LogP contribution in [-0.4, -0.2) is 126 Å². The Morgan fingerprint density at radius 1 is 0.872 bits per heavy atom. The van der Waals surface area contributed by atoms with Crippen LogP contribution >= 0.6 is 45.2 Å². The highest BCUT2D eigenvalue weighted by Gasteiger charge is 2.26. The van der Waals surface area contributed by atoms with E-state index in [-0.39, 0.29) is 38.2 Å². The topological polar surface area (TPSA) is 164 Å². The Hall–Kier alpha value is -2.62. The fourth-order valence-corrected chi connectivity index (χ4v) is 5.06. The Labute approximate surface area is 304 Å². The van der Waals surface area contributed by atoms with Crippen molar-refractivity contribution in [1.82, 2.24) is 31.1 Å². The Balaban J connectivity index is 1.69. The van der Waals surface area contributed by atoms with Gasteiger partial charge >= 0.3 is 18.2 Å². The summed E-state index contributed by atoms with van der Waals surface area (Å²) in [5.74, 6) is 1.12. The number of carbonyl (C=O) groups is 3. The SMILES string of the molecule is C=C(NCCOCCOc1cc(I)c(C)cc1I)NC(=O)N1CCN(C(=O)NC(=NCCOCCOC)NC(=O)OC(C)(C)C)CC1. The van der Waals surface area contributed by atoms with Gasteiger partial charge in [0, 0.05) is 43.4 Å². The van der Waals surface area contributed by atoms with E-state index in [1.54, 1.807) is 32.8 Å². The van der Waals surface area contributed by atoms with E-state index in [9.17, 15) is 14.4 Å². The van der Waals surface area contributed by atoms with Crippen molar-refractivity contribution >= 4 is 69.3 Å². The first-order valence-corrected chi connectivity index (χ1v) is 17.3. The highest BCUT2D eigenvalue weighted by molar-refractivity contribution is 14.1. The molecule has 1 saturated heterocycles. The minimum absolute atomic E-state index is 0.0607. The summed E-state index contributed by atoms with van der Waals surface area (Å²) in [6.07, 6.45) is -0.754. The molecule has 1 aromatic rings. The number of amides is 5. The van der Waals surface area contributed by atoms with Crippen LogP contribution in [0.3, 0.4) is 0 Å². The van der Waals surface area contributed by atoms with E-state index >= 15 is 0 Å². The van der Waals surface area contributed by atoms with Crippen LogP contribution in [0.2, 0.25) is 0 Å². The number of alkyl carbamates (subject to hydrolysis) is 1. The van der Waals surface area contributed by atoms with Crippen LogP contribution in [0.25, 0.3) is 0 Å². The molecule has 2 rings (SSSR count). The summed E-state index contributed by atoms with van der Waals surface area (Å²) in [6, 6.07) is 3.30. The average molecular weight is 888 g/mol. The minimum Gasteiger partial charge on any atom is -0.490 e. The van der Waals surface area contributed by atoms with Gasteiger partial charge in [-0.05, 0) is 90.6 Å². The maximum Gasteiger partial charge on any atom is 0.414 e. The van der Waals surface area contributed by atoms with Gasteiger partial charge in [-0.1, -0.05) is 6.58 Å². The van der Waals surface area contributed by atoms with E-state index < -0.39 is 17.7 Å². The molecule has 0 unspecified atom stereocenters. The van der Waals surface area contributed by atoms with Crippen molar-refractivity contribution in [3.63, 3.8) is 0 Å². The number of methoxy groups -OCH3 is 1. The Morgan fingerprint density at radius 3 is 2.13 bits per heavy atom. The monoisotopic (exact) mass is 887 g/mol. The van der Waals surface area contributed by atoms with Gasteiger partial charge in [-0.2, -0.15) is 0 Å². The third kappa shape index (κ3) is 16.9. The van der Waals surface area contributed by atoms with Gasteiger partial charge in [-0.15, -0.1) is 0 Å². The molecule has 4 N–H and O–H groups in total. The van der Waals surface area contributed by atoms with E-state index in [4.69, 9.17) is 23.7 Å². The first kappa shape index (κ1) is 40.6. The van der Waals surface area contributed by atoms with Crippen molar-refractivity contribution in [2.45, 2.75) is 33.3 Å². The average Bonchev–Trinajstić information content (AvgIpc) is 2.99. The third-order valence-electron chi connectivity index (χ3n) is 6.18. The van der Waals surface area contributed by atoms with Crippen molar-refractivity contribution in [2.24, 2.45) is 4.99 Å². The van der Waals surface area contributed by atoms with Crippen LogP contribution in [-0.2, 0) is 18.9 Å². The van der Waals surface area contributed by atoms with Crippen LogP contribution in [0, 0.1) is 14.1 Å². The van der Waals surface area contributed by atoms with Gasteiger partial charge in [-0.3, -0.25) is 20.9 Å². The van der Waals surface area contributed by atoms with Gasteiger partial charge < -0.3 is 38.8 Å². The number of guanidine groups is 1. The second-order valence-electron chi connectivity index (χ2n) is 11.2. The highest BCUT2D eigenvalue weighted by Crippen LogP contribution is 2.26. The normalized spacial score (nSPS) is 13.6. The maximum absolute atomic E-state index is 13.0. The summed E-state index contributed by atoms with van der Waals surface area (Å²) < 4.78 is 29.3. The zero-order valence-electron chi connectivity index (χ0n) is 27.7. The number of benzene rings is 1. The van der Waals surface area contributed by atoms with Crippen molar-refractivity contribution in [3.05, 3.63) is 37.2 Å². The van der Waals surface area contributed by atoms with Crippen LogP contribution < -0.4 is 26.0 Å². The summed E-state index contributed by atoms with van der Waals surface area (Å²) in [4.78, 5) is 45.4. The number of carbonyl (C=O) groups excluding carboxylic acids is 3. The van der Waals surface area contributed by atoms with Gasteiger partial charge in [0.2, 0.25) is 5.96 Å². The molecule has 1 aliphatic rings. The van der Waals surface area contributed by atoms with Crippen LogP contribution in [0.1, 0.15) is 26.3 Å². The van der Waals surface area contributed by atoms with Crippen molar-refractivity contribution in [3.8, 4) is 5.75 Å². The summed E-state index contributed by atoms with van der Waals surface area (Å²) in [5.41, 5.74) is 0.480. The molecule has 15 nitrogen and oxygen atoms in total. The molecule has 17 heteroatoms. The number of aryl methyl sites for hydroxylation is 1. The molecule has 0 aliphatic carbocycles. The Morgan fingerprint density at radius 2 is 1.49 bits per heavy atom. The maximum atomic E-state index is 13.0. The zero-order valence-corrected chi connectivity index (χ0v) is 32.0. The van der Waals surface area contributed by atoms with Crippen molar-refractivity contribution in [2.75, 3.05) is 86.0 Å². The third-order valence-corrected chi connectivity index (χ3v) is 8.18. The molecule has 1 heterocycles. The quantitative estimate of drug-likeness (QED) is 0.0897. The van der Waals surface area contributed by atoms with Crippen LogP contribution in [0.4, 0.5) is 14.4 Å². The molecule has 0 spiro atoms. The van der Waals surface area contributed by atoms with Gasteiger partial charge in [0.05, 0.1) is 49.0 Å². The molecule has 1 aliphatic heterocycles. The number of nitrogens with zero attached hydrogens (tertiary/aromatic N) is 3. The van der Waals surface area contributed by atoms with Gasteiger partial charge in [0.1, 0.15) is 18.0 Å². The highest BCUT2D eigenvalue weighted by atomic mass is 127. The predicted molar refractivity (Wildman–Crippen MR) is 195 cm³/mol. The summed E-state index contributed by atoms with van der Waals surface area (Å²) in [7, 11) is 1.57. The second kappa shape index (κ2) is 21.4. The lowest BCUT2D eigenvalue weighted by Gasteiger charge is -2.34. The molecular weight excluding hydrogens is 840 g/mol. The number of nitrogens with one attached hydrogen (secondary N) is 4. The van der Waals surface area contributed by atoms with Gasteiger partial charge in [-0.25, -0.2) is 14.4 Å². The predicted octanol–water partition coefficient (Wildman–Crippen LogP) is 3.24. The smallest absolute Gasteiger partial charge is 0.414 e. The summed E-state index contributed by atoms with van der Waals surface area (Å²) >= 11 is 4.54. The first-order valence-electron chi connectivity index (χ1n) is 15.1. The lowest BCUT2D eigenvalue weighted by Crippen LogP contribution is -2.57. The molecule has 1 fully saturated rings. The molecule has 5 amide bonds. The van der Waals surface area contributed by atoms with Crippen molar-refractivity contribution < 1.29 is 38.1 Å². The molecule has 47 heavy (non-hydrogen) atoms. The molecule has 0 aromatic heterocycles. The van der Waals surface area contributed by atoms with Gasteiger partial charge in [0.25, 0.3) is 0 Å². The lowest BCUT2D eigenvalue weighted by atomic mass is 10.2. The number of ether oxygens (including phenoxy) is 5. The van der Waals surface area contributed by atoms with E-state index in [0.717, 1.165) is 12.9 Å². The van der Waals surface area contributed by atoms with Crippen LogP contribution in [0.5, 0.6) is 5.75 Å². The zero-order chi connectivity index (χ0) is 34.8. The number of piperazine rings is 1. The van der Waals surface area contributed by atoms with E-state index in [2.05, 4.69) is 91.0 Å². The van der Waals surface area contributed by atoms with Crippen molar-refractivity contribution in [1.29, 1.82) is 0 Å². The largest absolute Gasteiger partial charge is 0.490 e. The number of halogens is 2. The van der Waals surface area contributed by atoms with Gasteiger partial charge in [0.15, 0.2) is 0 Å². The van der Waals surface area contributed by atoms with E-state index in [1.807, 2.05) is 6.07 Å². The number of aliphatic imine (C=N–C) groups is 1. The summed E-state index contributed by atoms with van der Waals surface area (Å²) in [6.45, 7) is 15.3. The fraction of sp³-hybridized carbons (Fsp3) is 0.600. The second-order valence-corrected chi connectivity index (χ2v) is 13.5. The van der Waals surface area contributed by atoms with E-state index in [1.165, 1.54) is 10.5 Å². The molecule has 1 aromatic carbocycles. The Bertz CT molecular complexity index is 1220. The molecule has 0 atom stereocenters. The molecule has 0 radical (unpaired) electrons. The molecular formula is C30H47I2N7O8. The molecule has 0 bridgehead atoms. The first-order chi connectivity index (χ1) is 22.3. The number of urea groups is 2.